The second-order valence-corrected chi connectivity index (χ2v) is 4.18. The van der Waals surface area contributed by atoms with E-state index in [0.717, 1.165) is 0 Å². The first kappa shape index (κ1) is 16.7. The molecule has 0 aromatic heterocycles. The van der Waals surface area contributed by atoms with Crippen molar-refractivity contribution in [1.82, 2.24) is 0 Å². The summed E-state index contributed by atoms with van der Waals surface area (Å²) in [4.78, 5) is 0. The maximum absolute atomic E-state index is 4.10. The molecule has 0 bridgehead atoms. The second kappa shape index (κ2) is 13.2. The van der Waals surface area contributed by atoms with E-state index in [4.69, 9.17) is 0 Å². The van der Waals surface area contributed by atoms with E-state index in [9.17, 15) is 0 Å². The predicted molar refractivity (Wildman–Crippen MR) is 59.6 cm³/mol. The summed E-state index contributed by atoms with van der Waals surface area (Å²) in [6.45, 7) is 4.51. The zero-order valence-electron chi connectivity index (χ0n) is 10.0. The van der Waals surface area contributed by atoms with E-state index in [1.165, 1.54) is 57.8 Å². The van der Waals surface area contributed by atoms with Crippen LogP contribution in [0.3, 0.4) is 0 Å². The molecule has 14 heavy (non-hydrogen) atoms. The number of quaternary nitrogens is 1. The summed E-state index contributed by atoms with van der Waals surface area (Å²) in [6, 6.07) is 0.704. The third-order valence-corrected chi connectivity index (χ3v) is 2.79. The van der Waals surface area contributed by atoms with E-state index in [0.29, 0.717) is 6.04 Å². The monoisotopic (exact) mass is 221 g/mol. The SMILES string of the molecule is CCCCCCCCCC([NH3+])CC.[Cl-]. The number of rotatable bonds is 9. The van der Waals surface area contributed by atoms with Crippen molar-refractivity contribution in [1.29, 1.82) is 0 Å². The first-order valence-electron chi connectivity index (χ1n) is 6.14. The highest BCUT2D eigenvalue weighted by molar-refractivity contribution is 4.51. The van der Waals surface area contributed by atoms with Crippen molar-refractivity contribution in [2.45, 2.75) is 77.7 Å². The van der Waals surface area contributed by atoms with Crippen LogP contribution >= 0.6 is 0 Å². The van der Waals surface area contributed by atoms with Crippen LogP contribution in [0.2, 0.25) is 0 Å². The summed E-state index contributed by atoms with van der Waals surface area (Å²) in [5, 5.41) is 0. The zero-order valence-corrected chi connectivity index (χ0v) is 10.8. The van der Waals surface area contributed by atoms with Crippen molar-refractivity contribution < 1.29 is 18.1 Å². The van der Waals surface area contributed by atoms with Crippen LogP contribution in [0, 0.1) is 0 Å². The first-order valence-corrected chi connectivity index (χ1v) is 6.14. The molecule has 0 aliphatic rings. The summed E-state index contributed by atoms with van der Waals surface area (Å²) in [5.41, 5.74) is 4.10. The zero-order chi connectivity index (χ0) is 9.94. The molecule has 0 heterocycles. The van der Waals surface area contributed by atoms with Crippen LogP contribution < -0.4 is 18.1 Å². The van der Waals surface area contributed by atoms with Crippen LogP contribution in [0.4, 0.5) is 0 Å². The second-order valence-electron chi connectivity index (χ2n) is 4.18. The maximum Gasteiger partial charge on any atom is 0.0840 e. The van der Waals surface area contributed by atoms with Gasteiger partial charge in [0.1, 0.15) is 0 Å². The van der Waals surface area contributed by atoms with Gasteiger partial charge in [-0.15, -0.1) is 0 Å². The molecular weight excluding hydrogens is 194 g/mol. The Labute approximate surface area is 96.2 Å². The Morgan fingerprint density at radius 2 is 1.36 bits per heavy atom. The fourth-order valence-corrected chi connectivity index (χ4v) is 1.59. The van der Waals surface area contributed by atoms with E-state index < -0.39 is 0 Å². The van der Waals surface area contributed by atoms with Crippen LogP contribution in [0.5, 0.6) is 0 Å². The Morgan fingerprint density at radius 3 is 1.86 bits per heavy atom. The summed E-state index contributed by atoms with van der Waals surface area (Å²) in [6.07, 6.45) is 12.5. The van der Waals surface area contributed by atoms with Crippen LogP contribution in [-0.4, -0.2) is 6.04 Å². The minimum absolute atomic E-state index is 0. The van der Waals surface area contributed by atoms with E-state index in [-0.39, 0.29) is 12.4 Å². The van der Waals surface area contributed by atoms with Gasteiger partial charge in [0, 0.05) is 0 Å². The van der Waals surface area contributed by atoms with Gasteiger partial charge in [-0.25, -0.2) is 0 Å². The molecular formula is C12H28ClN. The van der Waals surface area contributed by atoms with E-state index in [2.05, 4.69) is 19.6 Å². The summed E-state index contributed by atoms with van der Waals surface area (Å²) in [7, 11) is 0. The average molecular weight is 222 g/mol. The standard InChI is InChI=1S/C12H27N.ClH/c1-3-5-6-7-8-9-10-11-12(13)4-2;/h12H,3-11,13H2,1-2H3;1H. The highest BCUT2D eigenvalue weighted by atomic mass is 35.5. The smallest absolute Gasteiger partial charge is 0.0840 e. The quantitative estimate of drug-likeness (QED) is 0.537. The van der Waals surface area contributed by atoms with Gasteiger partial charge in [0.2, 0.25) is 0 Å². The minimum atomic E-state index is 0. The number of hydrogen-bond donors (Lipinski definition) is 1. The highest BCUT2D eigenvalue weighted by Gasteiger charge is 2.00. The van der Waals surface area contributed by atoms with Crippen LogP contribution in [0.15, 0.2) is 0 Å². The van der Waals surface area contributed by atoms with Crippen molar-refractivity contribution >= 4 is 0 Å². The molecule has 0 saturated heterocycles. The van der Waals surface area contributed by atoms with Crippen molar-refractivity contribution in [3.63, 3.8) is 0 Å². The third kappa shape index (κ3) is 12.2. The third-order valence-electron chi connectivity index (χ3n) is 2.79. The number of unbranched alkanes of at least 4 members (excludes halogenated alkanes) is 6. The van der Waals surface area contributed by atoms with E-state index in [1.54, 1.807) is 0 Å². The molecule has 0 spiro atoms. The van der Waals surface area contributed by atoms with Crippen LogP contribution in [0.25, 0.3) is 0 Å². The topological polar surface area (TPSA) is 27.6 Å². The van der Waals surface area contributed by atoms with Crippen molar-refractivity contribution in [3.8, 4) is 0 Å². The molecule has 1 nitrogen and oxygen atoms in total. The molecule has 0 rings (SSSR count). The molecule has 0 saturated carbocycles. The van der Waals surface area contributed by atoms with Crippen LogP contribution in [-0.2, 0) is 0 Å². The molecule has 0 fully saturated rings. The average Bonchev–Trinajstić information content (AvgIpc) is 2.16. The predicted octanol–water partition coefficient (Wildman–Crippen LogP) is 0.152. The normalized spacial score (nSPS) is 12.2. The fraction of sp³-hybridized carbons (Fsp3) is 1.00. The summed E-state index contributed by atoms with van der Waals surface area (Å²) < 4.78 is 0. The number of halogens is 1. The van der Waals surface area contributed by atoms with Gasteiger partial charge >= 0.3 is 0 Å². The van der Waals surface area contributed by atoms with Crippen molar-refractivity contribution in [3.05, 3.63) is 0 Å². The molecule has 88 valence electrons. The lowest BCUT2D eigenvalue weighted by atomic mass is 10.0. The minimum Gasteiger partial charge on any atom is -1.00 e. The largest absolute Gasteiger partial charge is 1.00 e. The Balaban J connectivity index is 0. The van der Waals surface area contributed by atoms with E-state index >= 15 is 0 Å². The molecule has 0 aromatic rings. The highest BCUT2D eigenvalue weighted by Crippen LogP contribution is 2.09. The maximum atomic E-state index is 4.10. The molecule has 2 heteroatoms. The molecule has 0 aliphatic heterocycles. The van der Waals surface area contributed by atoms with Gasteiger partial charge in [0.25, 0.3) is 0 Å². The molecule has 0 radical (unpaired) electrons. The Kier molecular flexibility index (Phi) is 15.8. The van der Waals surface area contributed by atoms with Gasteiger partial charge in [0.05, 0.1) is 6.04 Å². The molecule has 1 unspecified atom stereocenters. The Hall–Kier alpha value is 0.250. The van der Waals surface area contributed by atoms with Crippen molar-refractivity contribution in [2.24, 2.45) is 0 Å². The lowest BCUT2D eigenvalue weighted by Crippen LogP contribution is -3.00. The summed E-state index contributed by atoms with van der Waals surface area (Å²) >= 11 is 0. The Bertz CT molecular complexity index is 96.3. The van der Waals surface area contributed by atoms with Gasteiger partial charge in [0.15, 0.2) is 0 Å². The first-order chi connectivity index (χ1) is 6.31. The molecule has 0 aromatic carbocycles. The van der Waals surface area contributed by atoms with Gasteiger partial charge in [-0.3, -0.25) is 0 Å². The lowest BCUT2D eigenvalue weighted by molar-refractivity contribution is -0.421. The van der Waals surface area contributed by atoms with Gasteiger partial charge in [-0.05, 0) is 19.3 Å². The van der Waals surface area contributed by atoms with Gasteiger partial charge < -0.3 is 18.1 Å². The van der Waals surface area contributed by atoms with Crippen molar-refractivity contribution in [2.75, 3.05) is 0 Å². The fourth-order valence-electron chi connectivity index (χ4n) is 1.59. The van der Waals surface area contributed by atoms with E-state index in [1.807, 2.05) is 0 Å². The molecule has 0 amide bonds. The van der Waals surface area contributed by atoms with Gasteiger partial charge in [-0.1, -0.05) is 52.4 Å². The van der Waals surface area contributed by atoms with Crippen LogP contribution in [0.1, 0.15) is 71.6 Å². The lowest BCUT2D eigenvalue weighted by Gasteiger charge is -2.04. The Morgan fingerprint density at radius 1 is 0.857 bits per heavy atom. The molecule has 1 atom stereocenters. The summed E-state index contributed by atoms with van der Waals surface area (Å²) in [5.74, 6) is 0. The van der Waals surface area contributed by atoms with Gasteiger partial charge in [-0.2, -0.15) is 0 Å². The molecule has 0 aliphatic carbocycles. The molecule has 3 N–H and O–H groups in total. The number of hydrogen-bond acceptors (Lipinski definition) is 0.